The summed E-state index contributed by atoms with van der Waals surface area (Å²) in [4.78, 5) is 0. The van der Waals surface area contributed by atoms with Crippen LogP contribution in [0.15, 0.2) is 0 Å². The van der Waals surface area contributed by atoms with E-state index in [4.69, 9.17) is 0 Å². The van der Waals surface area contributed by atoms with Gasteiger partial charge in [0, 0.05) is 0 Å². The maximum Gasteiger partial charge on any atom is -0.0266 e. The first-order valence-corrected chi connectivity index (χ1v) is 10.5. The SMILES string of the molecule is CC[C@H]1CC[C@H]2[C@@H]3CCC4CC(C)CC[C@]4(C)[C@H]3CC[C@]12C. The highest BCUT2D eigenvalue weighted by Gasteiger charge is 2.59. The minimum atomic E-state index is 0.709. The van der Waals surface area contributed by atoms with E-state index in [9.17, 15) is 0 Å². The van der Waals surface area contributed by atoms with Gasteiger partial charge in [0.2, 0.25) is 0 Å². The number of hydrogen-bond donors (Lipinski definition) is 0. The minimum Gasteiger partial charge on any atom is -0.0651 e. The van der Waals surface area contributed by atoms with Crippen molar-refractivity contribution >= 4 is 0 Å². The molecule has 0 heterocycles. The van der Waals surface area contributed by atoms with Crippen LogP contribution in [0.4, 0.5) is 0 Å². The molecule has 4 aliphatic carbocycles. The topological polar surface area (TPSA) is 0 Å². The van der Waals surface area contributed by atoms with Crippen LogP contribution in [0, 0.1) is 46.3 Å². The van der Waals surface area contributed by atoms with E-state index in [1.807, 2.05) is 0 Å². The zero-order valence-electron chi connectivity index (χ0n) is 15.5. The van der Waals surface area contributed by atoms with Crippen LogP contribution in [0.25, 0.3) is 0 Å². The quantitative estimate of drug-likeness (QED) is 0.506. The first-order chi connectivity index (χ1) is 10.5. The molecule has 0 nitrogen and oxygen atoms in total. The Kier molecular flexibility index (Phi) is 3.70. The van der Waals surface area contributed by atoms with Crippen LogP contribution >= 0.6 is 0 Å². The fourth-order valence-electron chi connectivity index (χ4n) is 8.25. The molecule has 4 rings (SSSR count). The van der Waals surface area contributed by atoms with Gasteiger partial charge < -0.3 is 0 Å². The highest BCUT2D eigenvalue weighted by atomic mass is 14.6. The molecule has 0 amide bonds. The molecule has 4 fully saturated rings. The molecule has 4 saturated carbocycles. The molecule has 0 spiro atoms. The summed E-state index contributed by atoms with van der Waals surface area (Å²) in [7, 11) is 0. The Morgan fingerprint density at radius 3 is 2.32 bits per heavy atom. The molecule has 22 heavy (non-hydrogen) atoms. The van der Waals surface area contributed by atoms with Crippen LogP contribution in [0.5, 0.6) is 0 Å². The summed E-state index contributed by atoms with van der Waals surface area (Å²) in [5, 5.41) is 0. The van der Waals surface area contributed by atoms with E-state index < -0.39 is 0 Å². The molecular weight excluding hydrogens is 264 g/mol. The molecule has 2 unspecified atom stereocenters. The van der Waals surface area contributed by atoms with Crippen molar-refractivity contribution in [1.29, 1.82) is 0 Å². The van der Waals surface area contributed by atoms with Gasteiger partial charge in [0.05, 0.1) is 0 Å². The summed E-state index contributed by atoms with van der Waals surface area (Å²) < 4.78 is 0. The predicted octanol–water partition coefficient (Wildman–Crippen LogP) is 6.69. The standard InChI is InChI=1S/C22H38/c1-5-16-7-9-19-18-8-6-17-14-15(2)10-12-22(17,4)20(18)11-13-21(16,19)3/h15-20H,5-14H2,1-4H3/t15?,16-,17?,18-,19-,20-,21+,22-/m0/s1. The highest BCUT2D eigenvalue weighted by Crippen LogP contribution is 2.68. The van der Waals surface area contributed by atoms with E-state index in [-0.39, 0.29) is 0 Å². The van der Waals surface area contributed by atoms with Crippen molar-refractivity contribution in [3.63, 3.8) is 0 Å². The van der Waals surface area contributed by atoms with Crippen molar-refractivity contribution in [1.82, 2.24) is 0 Å². The molecule has 0 aromatic carbocycles. The molecule has 0 saturated heterocycles. The molecule has 0 bridgehead atoms. The Morgan fingerprint density at radius 2 is 1.55 bits per heavy atom. The van der Waals surface area contributed by atoms with Gasteiger partial charge in [-0.25, -0.2) is 0 Å². The summed E-state index contributed by atoms with van der Waals surface area (Å²) >= 11 is 0. The van der Waals surface area contributed by atoms with Crippen LogP contribution in [0.3, 0.4) is 0 Å². The molecule has 0 heteroatoms. The van der Waals surface area contributed by atoms with E-state index in [0.717, 1.165) is 35.5 Å². The van der Waals surface area contributed by atoms with Gasteiger partial charge in [-0.3, -0.25) is 0 Å². The maximum atomic E-state index is 2.72. The number of fused-ring (bicyclic) bond motifs is 5. The first kappa shape index (κ1) is 15.5. The van der Waals surface area contributed by atoms with E-state index in [0.29, 0.717) is 10.8 Å². The van der Waals surface area contributed by atoms with Gasteiger partial charge >= 0.3 is 0 Å². The van der Waals surface area contributed by atoms with Crippen LogP contribution in [0.1, 0.15) is 91.9 Å². The van der Waals surface area contributed by atoms with Gasteiger partial charge in [-0.15, -0.1) is 0 Å². The molecule has 0 N–H and O–H groups in total. The summed E-state index contributed by atoms with van der Waals surface area (Å²) in [6.45, 7) is 10.4. The molecular formula is C22H38. The Morgan fingerprint density at radius 1 is 0.818 bits per heavy atom. The second-order valence-electron chi connectivity index (χ2n) is 10.3. The second kappa shape index (κ2) is 5.25. The summed E-state index contributed by atoms with van der Waals surface area (Å²) in [6, 6.07) is 0. The van der Waals surface area contributed by atoms with Crippen molar-refractivity contribution in [3.8, 4) is 0 Å². The second-order valence-corrected chi connectivity index (χ2v) is 10.3. The fraction of sp³-hybridized carbons (Fsp3) is 1.00. The van der Waals surface area contributed by atoms with Gasteiger partial charge in [0.1, 0.15) is 0 Å². The van der Waals surface area contributed by atoms with Crippen molar-refractivity contribution in [2.24, 2.45) is 46.3 Å². The molecule has 0 radical (unpaired) electrons. The summed E-state index contributed by atoms with van der Waals surface area (Å²) in [5.41, 5.74) is 1.42. The van der Waals surface area contributed by atoms with Crippen molar-refractivity contribution < 1.29 is 0 Å². The average Bonchev–Trinajstić information content (AvgIpc) is 2.84. The minimum absolute atomic E-state index is 0.709. The van der Waals surface area contributed by atoms with Gasteiger partial charge in [0.25, 0.3) is 0 Å². The molecule has 126 valence electrons. The zero-order valence-corrected chi connectivity index (χ0v) is 15.5. The van der Waals surface area contributed by atoms with Gasteiger partial charge in [0.15, 0.2) is 0 Å². The third-order valence-corrected chi connectivity index (χ3v) is 9.62. The Hall–Kier alpha value is 0. The van der Waals surface area contributed by atoms with Gasteiger partial charge in [-0.2, -0.15) is 0 Å². The third kappa shape index (κ3) is 2.01. The van der Waals surface area contributed by atoms with E-state index in [2.05, 4.69) is 27.7 Å². The normalized spacial score (nSPS) is 57.8. The molecule has 0 aliphatic heterocycles. The van der Waals surface area contributed by atoms with Crippen LogP contribution in [-0.4, -0.2) is 0 Å². The van der Waals surface area contributed by atoms with Crippen LogP contribution in [-0.2, 0) is 0 Å². The highest BCUT2D eigenvalue weighted by molar-refractivity contribution is 5.08. The lowest BCUT2D eigenvalue weighted by atomic mass is 9.44. The van der Waals surface area contributed by atoms with Gasteiger partial charge in [-0.05, 0) is 97.7 Å². The molecule has 4 aliphatic rings. The number of hydrogen-bond acceptors (Lipinski definition) is 0. The Bertz CT molecular complexity index is 426. The summed E-state index contributed by atoms with van der Waals surface area (Å²) in [6.07, 6.45) is 15.4. The summed E-state index contributed by atoms with van der Waals surface area (Å²) in [5.74, 6) is 6.34. The maximum absolute atomic E-state index is 2.72. The Labute approximate surface area is 138 Å². The third-order valence-electron chi connectivity index (χ3n) is 9.62. The zero-order chi connectivity index (χ0) is 15.5. The molecule has 0 aromatic heterocycles. The number of rotatable bonds is 1. The predicted molar refractivity (Wildman–Crippen MR) is 94.7 cm³/mol. The van der Waals surface area contributed by atoms with Crippen molar-refractivity contribution in [2.45, 2.75) is 91.9 Å². The monoisotopic (exact) mass is 302 g/mol. The van der Waals surface area contributed by atoms with Gasteiger partial charge in [-0.1, -0.05) is 40.5 Å². The lowest BCUT2D eigenvalue weighted by molar-refractivity contribution is -0.117. The smallest absolute Gasteiger partial charge is 0.0266 e. The van der Waals surface area contributed by atoms with E-state index >= 15 is 0 Å². The largest absolute Gasteiger partial charge is 0.0651 e. The van der Waals surface area contributed by atoms with Crippen LogP contribution < -0.4 is 0 Å². The fourth-order valence-corrected chi connectivity index (χ4v) is 8.25. The lowest BCUT2D eigenvalue weighted by Gasteiger charge is -2.61. The molecule has 0 aromatic rings. The molecule has 8 atom stereocenters. The van der Waals surface area contributed by atoms with Crippen molar-refractivity contribution in [3.05, 3.63) is 0 Å². The first-order valence-electron chi connectivity index (χ1n) is 10.5. The average molecular weight is 303 g/mol. The van der Waals surface area contributed by atoms with Crippen LogP contribution in [0.2, 0.25) is 0 Å². The van der Waals surface area contributed by atoms with Crippen molar-refractivity contribution in [2.75, 3.05) is 0 Å². The lowest BCUT2D eigenvalue weighted by Crippen LogP contribution is -2.53. The Balaban J connectivity index is 1.61. The van der Waals surface area contributed by atoms with E-state index in [1.54, 1.807) is 44.9 Å². The van der Waals surface area contributed by atoms with E-state index in [1.165, 1.54) is 19.3 Å².